The van der Waals surface area contributed by atoms with Gasteiger partial charge in [0.2, 0.25) is 0 Å². The van der Waals surface area contributed by atoms with Crippen molar-refractivity contribution in [2.75, 3.05) is 0 Å². The van der Waals surface area contributed by atoms with Crippen LogP contribution in [-0.2, 0) is 5.41 Å². The molecule has 0 spiro atoms. The number of fused-ring (bicyclic) bond motifs is 9. The van der Waals surface area contributed by atoms with E-state index >= 15 is 0 Å². The molecule has 286 valence electrons. The Bertz CT molecular complexity index is 3350. The molecule has 12 rings (SSSR count). The molecule has 0 fully saturated rings. The molecule has 3 nitrogen and oxygen atoms in total. The number of furan rings is 1. The molecule has 1 aliphatic carbocycles. The van der Waals surface area contributed by atoms with Gasteiger partial charge in [-0.05, 0) is 114 Å². The van der Waals surface area contributed by atoms with Crippen LogP contribution >= 0.6 is 0 Å². The Morgan fingerprint density at radius 1 is 0.483 bits per heavy atom. The maximum atomic E-state index is 6.57. The molecule has 0 radical (unpaired) electrons. The van der Waals surface area contributed by atoms with Crippen LogP contribution in [0.5, 0.6) is 0 Å². The monoisotopic (exact) mass is 770 g/mol. The van der Waals surface area contributed by atoms with E-state index in [1.807, 2.05) is 0 Å². The van der Waals surface area contributed by atoms with Gasteiger partial charge in [0.15, 0.2) is 0 Å². The normalized spacial score (nSPS) is 16.8. The van der Waals surface area contributed by atoms with Crippen LogP contribution in [0, 0.1) is 0 Å². The Labute approximate surface area is 349 Å². The van der Waals surface area contributed by atoms with Gasteiger partial charge < -0.3 is 9.73 Å². The van der Waals surface area contributed by atoms with E-state index in [1.165, 1.54) is 66.2 Å². The minimum Gasteiger partial charge on any atom is -0.455 e. The molecule has 60 heavy (non-hydrogen) atoms. The molecule has 2 aliphatic rings. The van der Waals surface area contributed by atoms with Crippen LogP contribution in [0.3, 0.4) is 0 Å². The SMILES string of the molecule is CC1(C)c2cc3ccccc3cc2-c2c(-c3ccc(C4=CC(c5cccc(-c6cccc7oc8c9ccccc9ccc8c67)c5)NC(c5ccccc5)N4)cc3)cccc21. The highest BCUT2D eigenvalue weighted by Gasteiger charge is 2.37. The third-order valence-corrected chi connectivity index (χ3v) is 13.1. The second-order valence-corrected chi connectivity index (χ2v) is 17.0. The minimum atomic E-state index is -0.0833. The summed E-state index contributed by atoms with van der Waals surface area (Å²) in [4.78, 5) is 0. The molecule has 3 heteroatoms. The van der Waals surface area contributed by atoms with E-state index in [0.717, 1.165) is 44.1 Å². The molecule has 2 atom stereocenters. The first-order chi connectivity index (χ1) is 29.5. The fraction of sp³-hybridized carbons (Fsp3) is 0.0877. The number of hydrogen-bond donors (Lipinski definition) is 2. The third-order valence-electron chi connectivity index (χ3n) is 13.1. The number of hydrogen-bond acceptors (Lipinski definition) is 3. The molecule has 2 N–H and O–H groups in total. The van der Waals surface area contributed by atoms with Gasteiger partial charge in [-0.25, -0.2) is 0 Å². The second kappa shape index (κ2) is 13.4. The van der Waals surface area contributed by atoms with Crippen LogP contribution in [0.2, 0.25) is 0 Å². The third kappa shape index (κ3) is 5.47. The highest BCUT2D eigenvalue weighted by atomic mass is 16.3. The van der Waals surface area contributed by atoms with E-state index in [9.17, 15) is 0 Å². The summed E-state index contributed by atoms with van der Waals surface area (Å²) < 4.78 is 6.57. The van der Waals surface area contributed by atoms with Crippen LogP contribution in [0.15, 0.2) is 199 Å². The lowest BCUT2D eigenvalue weighted by Crippen LogP contribution is -2.39. The highest BCUT2D eigenvalue weighted by Crippen LogP contribution is 2.53. The second-order valence-electron chi connectivity index (χ2n) is 17.0. The Morgan fingerprint density at radius 3 is 2.03 bits per heavy atom. The summed E-state index contributed by atoms with van der Waals surface area (Å²) in [6.45, 7) is 4.73. The fourth-order valence-corrected chi connectivity index (χ4v) is 10.1. The van der Waals surface area contributed by atoms with Crippen LogP contribution in [0.1, 0.15) is 53.9 Å². The lowest BCUT2D eigenvalue weighted by atomic mass is 9.81. The summed E-state index contributed by atoms with van der Waals surface area (Å²) in [6, 6.07) is 68.5. The minimum absolute atomic E-state index is 0.0405. The van der Waals surface area contributed by atoms with E-state index in [0.29, 0.717) is 0 Å². The zero-order valence-electron chi connectivity index (χ0n) is 33.5. The van der Waals surface area contributed by atoms with E-state index in [4.69, 9.17) is 4.42 Å². The smallest absolute Gasteiger partial charge is 0.143 e. The van der Waals surface area contributed by atoms with E-state index < -0.39 is 0 Å². The van der Waals surface area contributed by atoms with Crippen LogP contribution < -0.4 is 10.6 Å². The average Bonchev–Trinajstić information content (AvgIpc) is 3.80. The van der Waals surface area contributed by atoms with Crippen molar-refractivity contribution < 1.29 is 4.42 Å². The number of rotatable bonds is 5. The molecular formula is C57H42N2O. The summed E-state index contributed by atoms with van der Waals surface area (Å²) in [5.41, 5.74) is 16.7. The van der Waals surface area contributed by atoms with Gasteiger partial charge in [-0.2, -0.15) is 0 Å². The van der Waals surface area contributed by atoms with Gasteiger partial charge in [-0.3, -0.25) is 5.32 Å². The van der Waals surface area contributed by atoms with Gasteiger partial charge in [0, 0.05) is 27.3 Å². The maximum Gasteiger partial charge on any atom is 0.143 e. The van der Waals surface area contributed by atoms with Gasteiger partial charge in [0.1, 0.15) is 17.3 Å². The molecule has 0 bridgehead atoms. The predicted molar refractivity (Wildman–Crippen MR) is 250 cm³/mol. The standard InChI is InChI=1S/C57H42N2O/c1-57(2)48-23-11-21-43(53(48)47-32-39-16-6-7-17-40(39)33-49(47)57)36-25-27-37(28-26-36)50-34-51(59-56(58-50)38-14-4-3-5-15-38)42-19-10-18-41(31-42)44-22-12-24-52-54(44)46-30-29-35-13-8-9-20-45(35)55(46)60-52/h3-34,51,56,58-59H,1-2H3. The summed E-state index contributed by atoms with van der Waals surface area (Å²) in [5, 5.41) is 15.0. The van der Waals surface area contributed by atoms with Crippen molar-refractivity contribution in [3.8, 4) is 33.4 Å². The molecule has 2 heterocycles. The van der Waals surface area contributed by atoms with Crippen molar-refractivity contribution in [2.45, 2.75) is 31.5 Å². The van der Waals surface area contributed by atoms with Crippen LogP contribution in [0.4, 0.5) is 0 Å². The first kappa shape index (κ1) is 34.8. The molecule has 0 saturated carbocycles. The van der Waals surface area contributed by atoms with Gasteiger partial charge in [-0.15, -0.1) is 0 Å². The van der Waals surface area contributed by atoms with Gasteiger partial charge in [0.05, 0.1) is 6.04 Å². The molecule has 9 aromatic carbocycles. The van der Waals surface area contributed by atoms with Crippen molar-refractivity contribution in [3.05, 3.63) is 222 Å². The van der Waals surface area contributed by atoms with E-state index in [2.05, 4.69) is 219 Å². The van der Waals surface area contributed by atoms with Crippen molar-refractivity contribution in [1.82, 2.24) is 10.6 Å². The van der Waals surface area contributed by atoms with Crippen molar-refractivity contribution >= 4 is 49.2 Å². The summed E-state index contributed by atoms with van der Waals surface area (Å²) in [7, 11) is 0. The Morgan fingerprint density at radius 2 is 1.18 bits per heavy atom. The van der Waals surface area contributed by atoms with Crippen molar-refractivity contribution in [2.24, 2.45) is 0 Å². The predicted octanol–water partition coefficient (Wildman–Crippen LogP) is 14.5. The van der Waals surface area contributed by atoms with Gasteiger partial charge in [0.25, 0.3) is 0 Å². The fourth-order valence-electron chi connectivity index (χ4n) is 10.1. The summed E-state index contributed by atoms with van der Waals surface area (Å²) in [5.74, 6) is 0. The Kier molecular flexibility index (Phi) is 7.79. The van der Waals surface area contributed by atoms with E-state index in [1.54, 1.807) is 0 Å². The van der Waals surface area contributed by atoms with E-state index in [-0.39, 0.29) is 17.6 Å². The summed E-state index contributed by atoms with van der Waals surface area (Å²) >= 11 is 0. The Balaban J connectivity index is 0.932. The van der Waals surface area contributed by atoms with Crippen molar-refractivity contribution in [3.63, 3.8) is 0 Å². The number of benzene rings is 9. The topological polar surface area (TPSA) is 37.2 Å². The molecule has 0 saturated heterocycles. The van der Waals surface area contributed by atoms with Gasteiger partial charge >= 0.3 is 0 Å². The Hall–Kier alpha value is -7.20. The molecule has 10 aromatic rings. The largest absolute Gasteiger partial charge is 0.455 e. The highest BCUT2D eigenvalue weighted by molar-refractivity contribution is 6.19. The quantitative estimate of drug-likeness (QED) is 0.183. The number of nitrogens with one attached hydrogen (secondary N) is 2. The van der Waals surface area contributed by atoms with Crippen LogP contribution in [0.25, 0.3) is 82.6 Å². The zero-order valence-corrected chi connectivity index (χ0v) is 33.5. The lowest BCUT2D eigenvalue weighted by molar-refractivity contribution is 0.443. The summed E-state index contributed by atoms with van der Waals surface area (Å²) in [6.07, 6.45) is 2.26. The average molecular weight is 771 g/mol. The lowest BCUT2D eigenvalue weighted by Gasteiger charge is -2.33. The molecule has 0 amide bonds. The molecule has 1 aliphatic heterocycles. The zero-order chi connectivity index (χ0) is 40.0. The molecule has 2 unspecified atom stereocenters. The van der Waals surface area contributed by atoms with Crippen molar-refractivity contribution in [1.29, 1.82) is 0 Å². The van der Waals surface area contributed by atoms with Crippen LogP contribution in [-0.4, -0.2) is 0 Å². The molecule has 1 aromatic heterocycles. The molecular weight excluding hydrogens is 729 g/mol. The maximum absolute atomic E-state index is 6.57. The first-order valence-corrected chi connectivity index (χ1v) is 21.0. The van der Waals surface area contributed by atoms with Gasteiger partial charge in [-0.1, -0.05) is 172 Å². The first-order valence-electron chi connectivity index (χ1n) is 21.0.